The van der Waals surface area contributed by atoms with E-state index in [0.29, 0.717) is 30.8 Å². The summed E-state index contributed by atoms with van der Waals surface area (Å²) in [5.74, 6) is 8.95. The third-order valence-corrected chi connectivity index (χ3v) is 6.32. The molecule has 2 aliphatic rings. The van der Waals surface area contributed by atoms with Crippen LogP contribution in [0.4, 0.5) is 5.82 Å². The highest BCUT2D eigenvalue weighted by molar-refractivity contribution is 5.87. The predicted octanol–water partition coefficient (Wildman–Crippen LogP) is 1.68. The molecule has 0 saturated carbocycles. The maximum Gasteiger partial charge on any atom is 0.209 e. The minimum atomic E-state index is 0.478. The Morgan fingerprint density at radius 1 is 1.06 bits per heavy atom. The number of hydrogen-bond acceptors (Lipinski definition) is 7. The topological polar surface area (TPSA) is 85.9 Å². The summed E-state index contributed by atoms with van der Waals surface area (Å²) in [5.41, 5.74) is 2.79. The summed E-state index contributed by atoms with van der Waals surface area (Å²) >= 11 is 0. The highest BCUT2D eigenvalue weighted by Crippen LogP contribution is 2.25. The molecule has 34 heavy (non-hydrogen) atoms. The molecule has 1 N–H and O–H groups in total. The van der Waals surface area contributed by atoms with Crippen molar-refractivity contribution in [1.82, 2.24) is 34.6 Å². The predicted molar refractivity (Wildman–Crippen MR) is 129 cm³/mol. The Morgan fingerprint density at radius 3 is 2.65 bits per heavy atom. The van der Waals surface area contributed by atoms with Crippen molar-refractivity contribution >= 4 is 16.9 Å². The van der Waals surface area contributed by atoms with E-state index in [4.69, 9.17) is 19.7 Å². The third kappa shape index (κ3) is 4.02. The molecular formula is C25H26N8O. The molecule has 0 amide bonds. The van der Waals surface area contributed by atoms with Crippen LogP contribution < -0.4 is 10.2 Å². The second kappa shape index (κ2) is 8.89. The Hall–Kier alpha value is -3.74. The maximum absolute atomic E-state index is 5.55. The minimum absolute atomic E-state index is 0.478. The number of nitrogens with zero attached hydrogens (tertiary/aromatic N) is 7. The van der Waals surface area contributed by atoms with Crippen molar-refractivity contribution in [2.24, 2.45) is 13.0 Å². The van der Waals surface area contributed by atoms with Gasteiger partial charge in [0.15, 0.2) is 11.5 Å². The SMILES string of the molecule is Cn1cc(-c2ccccc2)nc1C#Cc1nc(N2CCOCC2)c2cnn(CC3CNC3)c2n1. The van der Waals surface area contributed by atoms with Crippen molar-refractivity contribution in [2.75, 3.05) is 44.3 Å². The fourth-order valence-corrected chi connectivity index (χ4v) is 4.31. The van der Waals surface area contributed by atoms with E-state index >= 15 is 0 Å². The van der Waals surface area contributed by atoms with Crippen LogP contribution in [0.5, 0.6) is 0 Å². The van der Waals surface area contributed by atoms with Gasteiger partial charge >= 0.3 is 0 Å². The van der Waals surface area contributed by atoms with Crippen molar-refractivity contribution in [3.8, 4) is 23.1 Å². The molecule has 0 unspecified atom stereocenters. The standard InChI is InChI=1S/C25H26N8O/c1-31-17-21(19-5-3-2-4-6-19)28-23(31)8-7-22-29-24(32-9-11-34-12-10-32)20-15-27-33(25(20)30-22)16-18-13-26-14-18/h2-6,15,17-18,26H,9-14,16H2,1H3. The van der Waals surface area contributed by atoms with Crippen molar-refractivity contribution in [1.29, 1.82) is 0 Å². The smallest absolute Gasteiger partial charge is 0.209 e. The van der Waals surface area contributed by atoms with E-state index in [1.165, 1.54) is 0 Å². The van der Waals surface area contributed by atoms with Gasteiger partial charge in [0.1, 0.15) is 5.82 Å². The van der Waals surface area contributed by atoms with Gasteiger partial charge < -0.3 is 19.5 Å². The van der Waals surface area contributed by atoms with Crippen molar-refractivity contribution in [3.63, 3.8) is 0 Å². The Labute approximate surface area is 197 Å². The molecule has 0 atom stereocenters. The van der Waals surface area contributed by atoms with E-state index in [9.17, 15) is 0 Å². The first-order valence-electron chi connectivity index (χ1n) is 11.6. The average molecular weight is 455 g/mol. The zero-order chi connectivity index (χ0) is 22.9. The van der Waals surface area contributed by atoms with Gasteiger partial charge in [-0.3, -0.25) is 0 Å². The van der Waals surface area contributed by atoms with E-state index in [0.717, 1.165) is 60.8 Å². The lowest BCUT2D eigenvalue weighted by molar-refractivity contribution is 0.122. The lowest BCUT2D eigenvalue weighted by Crippen LogP contribution is -2.44. The van der Waals surface area contributed by atoms with Crippen molar-refractivity contribution in [2.45, 2.75) is 6.54 Å². The van der Waals surface area contributed by atoms with Crippen LogP contribution in [0, 0.1) is 17.8 Å². The number of anilines is 1. The summed E-state index contributed by atoms with van der Waals surface area (Å²) in [5, 5.41) is 8.93. The summed E-state index contributed by atoms with van der Waals surface area (Å²) in [6.07, 6.45) is 3.87. The van der Waals surface area contributed by atoms with Crippen molar-refractivity contribution < 1.29 is 4.74 Å². The molecule has 2 fully saturated rings. The van der Waals surface area contributed by atoms with Crippen LogP contribution >= 0.6 is 0 Å². The number of hydrogen-bond donors (Lipinski definition) is 1. The lowest BCUT2D eigenvalue weighted by Gasteiger charge is -2.28. The van der Waals surface area contributed by atoms with Gasteiger partial charge in [-0.05, 0) is 11.8 Å². The summed E-state index contributed by atoms with van der Waals surface area (Å²) in [4.78, 5) is 16.6. The average Bonchev–Trinajstić information content (AvgIpc) is 3.43. The molecule has 4 aromatic rings. The third-order valence-electron chi connectivity index (χ3n) is 6.32. The number of morpholine rings is 1. The van der Waals surface area contributed by atoms with E-state index in [1.54, 1.807) is 0 Å². The number of benzene rings is 1. The highest BCUT2D eigenvalue weighted by Gasteiger charge is 2.23. The minimum Gasteiger partial charge on any atom is -0.378 e. The molecular weight excluding hydrogens is 428 g/mol. The lowest BCUT2D eigenvalue weighted by atomic mass is 10.0. The summed E-state index contributed by atoms with van der Waals surface area (Å²) < 4.78 is 9.48. The number of rotatable bonds is 4. The van der Waals surface area contributed by atoms with Crippen LogP contribution in [0.1, 0.15) is 11.6 Å². The molecule has 0 aliphatic carbocycles. The van der Waals surface area contributed by atoms with Crippen LogP contribution in [0.2, 0.25) is 0 Å². The summed E-state index contributed by atoms with van der Waals surface area (Å²) in [6.45, 7) is 5.81. The van der Waals surface area contributed by atoms with Crippen LogP contribution in [0.25, 0.3) is 22.3 Å². The molecule has 172 valence electrons. The first-order chi connectivity index (χ1) is 16.7. The Bertz CT molecular complexity index is 1370. The molecule has 9 heteroatoms. The molecule has 6 rings (SSSR count). The molecule has 0 spiro atoms. The zero-order valence-corrected chi connectivity index (χ0v) is 19.1. The van der Waals surface area contributed by atoms with Crippen LogP contribution in [0.3, 0.4) is 0 Å². The molecule has 3 aromatic heterocycles. The van der Waals surface area contributed by atoms with E-state index < -0.39 is 0 Å². The van der Waals surface area contributed by atoms with Gasteiger partial charge in [0, 0.05) is 57.4 Å². The van der Waals surface area contributed by atoms with E-state index in [1.807, 2.05) is 59.0 Å². The second-order valence-electron chi connectivity index (χ2n) is 8.74. The van der Waals surface area contributed by atoms with Crippen LogP contribution in [-0.4, -0.2) is 68.7 Å². The first kappa shape index (κ1) is 20.8. The van der Waals surface area contributed by atoms with Gasteiger partial charge in [-0.1, -0.05) is 30.3 Å². The normalized spacial score (nSPS) is 16.3. The molecule has 2 aliphatic heterocycles. The number of ether oxygens (including phenoxy) is 1. The van der Waals surface area contributed by atoms with Gasteiger partial charge in [0.2, 0.25) is 5.82 Å². The second-order valence-corrected chi connectivity index (χ2v) is 8.74. The van der Waals surface area contributed by atoms with E-state index in [2.05, 4.69) is 27.2 Å². The van der Waals surface area contributed by atoms with Crippen molar-refractivity contribution in [3.05, 3.63) is 54.4 Å². The summed E-state index contributed by atoms with van der Waals surface area (Å²) in [6, 6.07) is 10.1. The van der Waals surface area contributed by atoms with Gasteiger partial charge in [0.05, 0.1) is 30.5 Å². The molecule has 2 saturated heterocycles. The molecule has 1 aromatic carbocycles. The monoisotopic (exact) mass is 454 g/mol. The Kier molecular flexibility index (Phi) is 5.45. The summed E-state index contributed by atoms with van der Waals surface area (Å²) in [7, 11) is 1.95. The first-order valence-corrected chi connectivity index (χ1v) is 11.6. The molecule has 9 nitrogen and oxygen atoms in total. The van der Waals surface area contributed by atoms with Crippen LogP contribution in [0.15, 0.2) is 42.7 Å². The number of aryl methyl sites for hydroxylation is 1. The fourth-order valence-electron chi connectivity index (χ4n) is 4.31. The number of fused-ring (bicyclic) bond motifs is 1. The maximum atomic E-state index is 5.55. The molecule has 5 heterocycles. The number of nitrogens with one attached hydrogen (secondary N) is 1. The Morgan fingerprint density at radius 2 is 1.88 bits per heavy atom. The molecule has 0 bridgehead atoms. The fraction of sp³-hybridized carbons (Fsp3) is 0.360. The van der Waals surface area contributed by atoms with E-state index in [-0.39, 0.29) is 0 Å². The van der Waals surface area contributed by atoms with Gasteiger partial charge in [-0.15, -0.1) is 0 Å². The zero-order valence-electron chi connectivity index (χ0n) is 19.1. The van der Waals surface area contributed by atoms with Gasteiger partial charge in [-0.2, -0.15) is 5.10 Å². The number of imidazole rings is 1. The van der Waals surface area contributed by atoms with Crippen LogP contribution in [-0.2, 0) is 18.3 Å². The largest absolute Gasteiger partial charge is 0.378 e. The highest BCUT2D eigenvalue weighted by atomic mass is 16.5. The number of aromatic nitrogens is 6. The van der Waals surface area contributed by atoms with Gasteiger partial charge in [-0.25, -0.2) is 19.6 Å². The Balaban J connectivity index is 1.38. The van der Waals surface area contributed by atoms with Gasteiger partial charge in [0.25, 0.3) is 0 Å². The quantitative estimate of drug-likeness (QED) is 0.470. The molecule has 0 radical (unpaired) electrons.